The highest BCUT2D eigenvalue weighted by molar-refractivity contribution is 6.32. The van der Waals surface area contributed by atoms with Gasteiger partial charge < -0.3 is 9.84 Å². The summed E-state index contributed by atoms with van der Waals surface area (Å²) in [6, 6.07) is 4.34. The van der Waals surface area contributed by atoms with Crippen LogP contribution in [0, 0.1) is 0 Å². The number of methoxy groups -OCH3 is 1. The maximum Gasteiger partial charge on any atom is 0.176 e. The number of phenols is 1. The Kier molecular flexibility index (Phi) is 5.73. The van der Waals surface area contributed by atoms with E-state index in [4.69, 9.17) is 16.3 Å². The second kappa shape index (κ2) is 7.34. The molecule has 1 N–H and O–H groups in total. The third-order valence-electron chi connectivity index (χ3n) is 4.29. The molecule has 2 rings (SSSR count). The second-order valence-corrected chi connectivity index (χ2v) is 5.93. The fourth-order valence-electron chi connectivity index (χ4n) is 3.13. The molecule has 1 aliphatic rings. The van der Waals surface area contributed by atoms with Crippen molar-refractivity contribution in [2.45, 2.75) is 32.9 Å². The van der Waals surface area contributed by atoms with Crippen molar-refractivity contribution in [2.75, 3.05) is 33.3 Å². The van der Waals surface area contributed by atoms with E-state index in [9.17, 15) is 5.11 Å². The molecule has 1 aromatic carbocycles. The van der Waals surface area contributed by atoms with Gasteiger partial charge in [-0.1, -0.05) is 25.4 Å². The topological polar surface area (TPSA) is 35.9 Å². The van der Waals surface area contributed by atoms with Gasteiger partial charge in [-0.3, -0.25) is 9.80 Å². The van der Waals surface area contributed by atoms with Crippen LogP contribution in [0.4, 0.5) is 0 Å². The zero-order valence-corrected chi connectivity index (χ0v) is 13.9. The Balaban J connectivity index is 2.02. The molecule has 5 heteroatoms. The lowest BCUT2D eigenvalue weighted by atomic mass is 10.2. The van der Waals surface area contributed by atoms with Crippen LogP contribution in [0.3, 0.4) is 0 Å². The Morgan fingerprint density at radius 1 is 1.38 bits per heavy atom. The first-order valence-electron chi connectivity index (χ1n) is 7.60. The predicted molar refractivity (Wildman–Crippen MR) is 86.3 cm³/mol. The summed E-state index contributed by atoms with van der Waals surface area (Å²) in [4.78, 5) is 4.95. The van der Waals surface area contributed by atoms with Crippen molar-refractivity contribution in [3.63, 3.8) is 0 Å². The molecule has 1 aromatic rings. The molecule has 21 heavy (non-hydrogen) atoms. The van der Waals surface area contributed by atoms with Crippen molar-refractivity contribution in [2.24, 2.45) is 0 Å². The highest BCUT2D eigenvalue weighted by atomic mass is 35.5. The van der Waals surface area contributed by atoms with Crippen LogP contribution in [-0.4, -0.2) is 54.2 Å². The second-order valence-electron chi connectivity index (χ2n) is 5.53. The van der Waals surface area contributed by atoms with E-state index < -0.39 is 0 Å². The highest BCUT2D eigenvalue weighted by Crippen LogP contribution is 2.35. The zero-order valence-electron chi connectivity index (χ0n) is 13.1. The monoisotopic (exact) mass is 312 g/mol. The van der Waals surface area contributed by atoms with Crippen LogP contribution in [-0.2, 0) is 6.54 Å². The van der Waals surface area contributed by atoms with E-state index in [2.05, 4.69) is 23.6 Å². The zero-order chi connectivity index (χ0) is 15.4. The first-order chi connectivity index (χ1) is 10.1. The summed E-state index contributed by atoms with van der Waals surface area (Å²) in [7, 11) is 1.54. The van der Waals surface area contributed by atoms with Gasteiger partial charge in [0.25, 0.3) is 0 Å². The first-order valence-corrected chi connectivity index (χ1v) is 7.98. The van der Waals surface area contributed by atoms with Crippen molar-refractivity contribution < 1.29 is 9.84 Å². The molecule has 1 saturated heterocycles. The van der Waals surface area contributed by atoms with E-state index >= 15 is 0 Å². The van der Waals surface area contributed by atoms with E-state index in [1.165, 1.54) is 6.42 Å². The van der Waals surface area contributed by atoms with Gasteiger partial charge in [0.1, 0.15) is 0 Å². The van der Waals surface area contributed by atoms with E-state index in [0.717, 1.165) is 38.3 Å². The van der Waals surface area contributed by atoms with Crippen LogP contribution in [0.15, 0.2) is 12.1 Å². The molecule has 4 nitrogen and oxygen atoms in total. The van der Waals surface area contributed by atoms with Crippen molar-refractivity contribution in [3.05, 3.63) is 22.7 Å². The molecule has 118 valence electrons. The molecule has 1 fully saturated rings. The van der Waals surface area contributed by atoms with Crippen molar-refractivity contribution >= 4 is 11.6 Å². The minimum Gasteiger partial charge on any atom is -0.503 e. The van der Waals surface area contributed by atoms with Gasteiger partial charge in [-0.25, -0.2) is 0 Å². The molecule has 1 unspecified atom stereocenters. The van der Waals surface area contributed by atoms with Gasteiger partial charge in [-0.15, -0.1) is 0 Å². The molecule has 0 spiro atoms. The standard InChI is InChI=1S/C16H25ClN2O2/c1-4-19(5-2)13-6-7-18(11-13)10-12-8-14(17)16(20)15(9-12)21-3/h8-9,13,20H,4-7,10-11H2,1-3H3. The largest absolute Gasteiger partial charge is 0.503 e. The van der Waals surface area contributed by atoms with Crippen LogP contribution in [0.5, 0.6) is 11.5 Å². The number of aromatic hydroxyl groups is 1. The van der Waals surface area contributed by atoms with Gasteiger partial charge in [0.05, 0.1) is 12.1 Å². The van der Waals surface area contributed by atoms with Gasteiger partial charge in [-0.05, 0) is 37.2 Å². The summed E-state index contributed by atoms with van der Waals surface area (Å²) in [6.45, 7) is 9.67. The number of likely N-dealkylation sites (tertiary alicyclic amines) is 1. The average molecular weight is 313 g/mol. The van der Waals surface area contributed by atoms with Crippen LogP contribution in [0.2, 0.25) is 5.02 Å². The van der Waals surface area contributed by atoms with E-state index in [1.54, 1.807) is 7.11 Å². The van der Waals surface area contributed by atoms with Crippen molar-refractivity contribution in [1.29, 1.82) is 0 Å². The summed E-state index contributed by atoms with van der Waals surface area (Å²) in [5.41, 5.74) is 1.08. The predicted octanol–water partition coefficient (Wildman–Crippen LogP) is 2.97. The van der Waals surface area contributed by atoms with Crippen LogP contribution < -0.4 is 4.74 Å². The number of halogens is 1. The number of phenolic OH excluding ortho intramolecular Hbond substituents is 1. The first kappa shape index (κ1) is 16.4. The van der Waals surface area contributed by atoms with E-state index in [1.807, 2.05) is 12.1 Å². The lowest BCUT2D eigenvalue weighted by molar-refractivity contribution is 0.209. The Bertz CT molecular complexity index is 478. The van der Waals surface area contributed by atoms with E-state index in [-0.39, 0.29) is 5.75 Å². The molecule has 0 radical (unpaired) electrons. The molecule has 0 saturated carbocycles. The molecular weight excluding hydrogens is 288 g/mol. The summed E-state index contributed by atoms with van der Waals surface area (Å²) in [6.07, 6.45) is 1.21. The molecule has 1 atom stereocenters. The van der Waals surface area contributed by atoms with Gasteiger partial charge in [0.2, 0.25) is 0 Å². The quantitative estimate of drug-likeness (QED) is 0.876. The van der Waals surface area contributed by atoms with Gasteiger partial charge in [-0.2, -0.15) is 0 Å². The fourth-order valence-corrected chi connectivity index (χ4v) is 3.36. The third-order valence-corrected chi connectivity index (χ3v) is 4.58. The van der Waals surface area contributed by atoms with Crippen molar-refractivity contribution in [1.82, 2.24) is 9.80 Å². The number of hydrogen-bond donors (Lipinski definition) is 1. The Morgan fingerprint density at radius 3 is 2.71 bits per heavy atom. The van der Waals surface area contributed by atoms with Crippen molar-refractivity contribution in [3.8, 4) is 11.5 Å². The SMILES string of the molecule is CCN(CC)C1CCN(Cc2cc(Cl)c(O)c(OC)c2)C1. The molecular formula is C16H25ClN2O2. The maximum absolute atomic E-state index is 9.78. The molecule has 0 aliphatic carbocycles. The number of hydrogen-bond acceptors (Lipinski definition) is 4. The molecule has 1 aliphatic heterocycles. The molecule has 0 amide bonds. The Labute approximate surface area is 132 Å². The minimum atomic E-state index is 0.0188. The van der Waals surface area contributed by atoms with Gasteiger partial charge in [0.15, 0.2) is 11.5 Å². The number of benzene rings is 1. The fraction of sp³-hybridized carbons (Fsp3) is 0.625. The average Bonchev–Trinajstić information content (AvgIpc) is 2.92. The Morgan fingerprint density at radius 2 is 2.10 bits per heavy atom. The van der Waals surface area contributed by atoms with Crippen LogP contribution >= 0.6 is 11.6 Å². The summed E-state index contributed by atoms with van der Waals surface area (Å²) in [5, 5.41) is 10.1. The van der Waals surface area contributed by atoms with Gasteiger partial charge >= 0.3 is 0 Å². The smallest absolute Gasteiger partial charge is 0.176 e. The van der Waals surface area contributed by atoms with Crippen LogP contribution in [0.25, 0.3) is 0 Å². The summed E-state index contributed by atoms with van der Waals surface area (Å²) >= 11 is 6.05. The summed E-state index contributed by atoms with van der Waals surface area (Å²) < 4.78 is 5.16. The minimum absolute atomic E-state index is 0.0188. The third kappa shape index (κ3) is 3.82. The lowest BCUT2D eigenvalue weighted by Gasteiger charge is -2.26. The Hall–Kier alpha value is -0.970. The number of nitrogens with zero attached hydrogens (tertiary/aromatic N) is 2. The number of rotatable bonds is 6. The maximum atomic E-state index is 9.78. The number of likely N-dealkylation sites (N-methyl/N-ethyl adjacent to an activating group) is 1. The molecule has 1 heterocycles. The normalized spacial score (nSPS) is 19.4. The summed E-state index contributed by atoms with van der Waals surface area (Å²) in [5.74, 6) is 0.461. The lowest BCUT2D eigenvalue weighted by Crippen LogP contribution is -2.37. The van der Waals surface area contributed by atoms with E-state index in [0.29, 0.717) is 16.8 Å². The molecule has 0 bridgehead atoms. The van der Waals surface area contributed by atoms with Crippen LogP contribution in [0.1, 0.15) is 25.8 Å². The molecule has 0 aromatic heterocycles. The number of ether oxygens (including phenoxy) is 1. The highest BCUT2D eigenvalue weighted by Gasteiger charge is 2.26. The van der Waals surface area contributed by atoms with Gasteiger partial charge in [0, 0.05) is 25.7 Å².